The Hall–Kier alpha value is -5.32. The van der Waals surface area contributed by atoms with Crippen LogP contribution in [0.25, 0.3) is 20.2 Å². The molecule has 0 aliphatic carbocycles. The molecule has 0 fully saturated rings. The van der Waals surface area contributed by atoms with Crippen molar-refractivity contribution >= 4 is 51.6 Å². The van der Waals surface area contributed by atoms with Gasteiger partial charge in [0.05, 0.1) is 0 Å². The van der Waals surface area contributed by atoms with Gasteiger partial charge in [0.1, 0.15) is 0 Å². The zero-order chi connectivity index (χ0) is 34.1. The van der Waals surface area contributed by atoms with Crippen molar-refractivity contribution in [1.82, 2.24) is 0 Å². The molecule has 0 nitrogen and oxygen atoms in total. The minimum absolute atomic E-state index is 1.31. The van der Waals surface area contributed by atoms with E-state index in [0.717, 1.165) is 0 Å². The Labute approximate surface area is 307 Å². The Balaban J connectivity index is 1.36. The lowest BCUT2D eigenvalue weighted by Gasteiger charge is -2.42. The van der Waals surface area contributed by atoms with E-state index in [1.807, 2.05) is 11.3 Å². The van der Waals surface area contributed by atoms with Crippen LogP contribution in [0.4, 0.5) is 0 Å². The fourth-order valence-corrected chi connectivity index (χ4v) is 16.4. The first-order valence-corrected chi connectivity index (χ1v) is 21.3. The predicted octanol–water partition coefficient (Wildman–Crippen LogP) is 14.7. The third kappa shape index (κ3) is 5.24. The fourth-order valence-electron chi connectivity index (χ4n) is 7.50. The van der Waals surface area contributed by atoms with Gasteiger partial charge in [-0.25, -0.2) is 0 Å². The molecule has 0 saturated heterocycles. The topological polar surface area (TPSA) is 0 Å². The molecule has 9 rings (SSSR count). The highest BCUT2D eigenvalue weighted by Gasteiger charge is 2.35. The second-order valence-corrected chi connectivity index (χ2v) is 19.8. The number of hydrogen-bond donors (Lipinski definition) is 0. The Morgan fingerprint density at radius 2 is 0.471 bits per heavy atom. The molecule has 0 radical (unpaired) electrons. The van der Waals surface area contributed by atoms with Crippen molar-refractivity contribution < 1.29 is 0 Å². The Morgan fingerprint density at radius 1 is 0.235 bits per heavy atom. The largest absolute Gasteiger partial charge is 0.135 e. The van der Waals surface area contributed by atoms with Crippen LogP contribution in [0, 0.1) is 0 Å². The number of benzene rings is 8. The molecule has 0 unspecified atom stereocenters. The molecule has 0 amide bonds. The van der Waals surface area contributed by atoms with E-state index in [4.69, 9.17) is 0 Å². The Morgan fingerprint density at radius 3 is 0.706 bits per heavy atom. The fraction of sp³-hybridized carbons (Fsp3) is 0. The van der Waals surface area contributed by atoms with E-state index in [-0.39, 0.29) is 0 Å². The average molecular weight is 709 g/mol. The Bertz CT molecular complexity index is 2170. The second-order valence-electron chi connectivity index (χ2n) is 12.5. The molecule has 246 valence electrons. The SMILES string of the molecule is c1ccc(S(c2ccccc2)(c2ccccc2)c2ccc3sc4ccc(S(c5ccccc5)(c5ccccc5)c5ccccc5)cc4c3c2)cc1. The van der Waals surface area contributed by atoms with Gasteiger partial charge in [-0.2, -0.15) is 0 Å². The van der Waals surface area contributed by atoms with E-state index in [9.17, 15) is 0 Å². The van der Waals surface area contributed by atoms with Gasteiger partial charge in [-0.1, -0.05) is 109 Å². The summed E-state index contributed by atoms with van der Waals surface area (Å²) in [4.78, 5) is 10.7. The normalized spacial score (nSPS) is 12.5. The van der Waals surface area contributed by atoms with Crippen molar-refractivity contribution in [3.05, 3.63) is 218 Å². The summed E-state index contributed by atoms with van der Waals surface area (Å²) < 4.78 is 2.63. The van der Waals surface area contributed by atoms with Gasteiger partial charge in [0.25, 0.3) is 0 Å². The first kappa shape index (κ1) is 31.6. The van der Waals surface area contributed by atoms with Crippen molar-refractivity contribution in [2.24, 2.45) is 0 Å². The van der Waals surface area contributed by atoms with Crippen molar-refractivity contribution in [2.45, 2.75) is 39.2 Å². The molecule has 0 spiro atoms. The van der Waals surface area contributed by atoms with Crippen LogP contribution in [-0.4, -0.2) is 0 Å². The molecule has 51 heavy (non-hydrogen) atoms. The van der Waals surface area contributed by atoms with Gasteiger partial charge >= 0.3 is 0 Å². The zero-order valence-electron chi connectivity index (χ0n) is 28.0. The average Bonchev–Trinajstić information content (AvgIpc) is 3.59. The van der Waals surface area contributed by atoms with E-state index < -0.39 is 20.1 Å². The highest BCUT2D eigenvalue weighted by atomic mass is 32.3. The molecule has 0 aliphatic heterocycles. The van der Waals surface area contributed by atoms with Crippen molar-refractivity contribution in [1.29, 1.82) is 0 Å². The van der Waals surface area contributed by atoms with Crippen LogP contribution >= 0.6 is 31.4 Å². The molecule has 9 aromatic rings. The van der Waals surface area contributed by atoms with Gasteiger partial charge in [0.2, 0.25) is 0 Å². The lowest BCUT2D eigenvalue weighted by Crippen LogP contribution is -2.05. The van der Waals surface area contributed by atoms with Crippen LogP contribution in [0.15, 0.2) is 258 Å². The molecule has 1 heterocycles. The van der Waals surface area contributed by atoms with Gasteiger partial charge < -0.3 is 0 Å². The summed E-state index contributed by atoms with van der Waals surface area (Å²) in [7, 11) is -3.61. The molecule has 3 heteroatoms. The maximum atomic E-state index is 2.52. The van der Waals surface area contributed by atoms with Gasteiger partial charge in [-0.15, -0.1) is 31.4 Å². The number of thiophene rings is 1. The first-order chi connectivity index (χ1) is 25.3. The van der Waals surface area contributed by atoms with E-state index in [1.165, 1.54) is 59.3 Å². The van der Waals surface area contributed by atoms with E-state index in [1.54, 1.807) is 0 Å². The molecular weight excluding hydrogens is 673 g/mol. The summed E-state index contributed by atoms with van der Waals surface area (Å²) in [6.45, 7) is 0. The summed E-state index contributed by atoms with van der Waals surface area (Å²) >= 11 is 1.89. The van der Waals surface area contributed by atoms with Gasteiger partial charge in [0, 0.05) is 59.3 Å². The lowest BCUT2D eigenvalue weighted by atomic mass is 10.1. The maximum Gasteiger partial charge on any atom is 0.0356 e. The van der Waals surface area contributed by atoms with Crippen LogP contribution in [0.2, 0.25) is 0 Å². The van der Waals surface area contributed by atoms with Crippen molar-refractivity contribution in [2.75, 3.05) is 0 Å². The van der Waals surface area contributed by atoms with Gasteiger partial charge in [-0.05, 0) is 109 Å². The summed E-state index contributed by atoms with van der Waals surface area (Å²) in [6.07, 6.45) is 0. The monoisotopic (exact) mass is 708 g/mol. The molecule has 0 saturated carbocycles. The minimum Gasteiger partial charge on any atom is -0.135 e. The van der Waals surface area contributed by atoms with Crippen LogP contribution in [0.1, 0.15) is 0 Å². The molecule has 0 N–H and O–H groups in total. The summed E-state index contributed by atoms with van der Waals surface area (Å²) in [5.74, 6) is 0. The van der Waals surface area contributed by atoms with E-state index in [0.29, 0.717) is 0 Å². The highest BCUT2D eigenvalue weighted by molar-refractivity contribution is 8.34. The standard InChI is InChI=1S/C48H36S3/c1-7-19-37(20-8-1)50(38-21-9-2-10-22-38,39-23-11-3-12-24-39)43-31-33-47-45(35-43)46-36-44(32-34-48(46)49-47)51(40-25-13-4-14-26-40,41-27-15-5-16-28-41)42-29-17-6-18-30-42/h1-36H. The summed E-state index contributed by atoms with van der Waals surface area (Å²) in [5.41, 5.74) is 0. The first-order valence-electron chi connectivity index (χ1n) is 17.2. The van der Waals surface area contributed by atoms with Crippen molar-refractivity contribution in [3.8, 4) is 0 Å². The molecular formula is C48H36S3. The Kier molecular flexibility index (Phi) is 8.33. The second kappa shape index (κ2) is 13.4. The van der Waals surface area contributed by atoms with E-state index in [2.05, 4.69) is 218 Å². The third-order valence-corrected chi connectivity index (χ3v) is 18.6. The van der Waals surface area contributed by atoms with Gasteiger partial charge in [-0.3, -0.25) is 0 Å². The molecule has 0 aliphatic rings. The molecule has 8 aromatic carbocycles. The highest BCUT2D eigenvalue weighted by Crippen LogP contribution is 2.75. The summed E-state index contributed by atoms with van der Waals surface area (Å²) in [5, 5.41) is 2.63. The van der Waals surface area contributed by atoms with Crippen LogP contribution < -0.4 is 0 Å². The molecule has 1 aromatic heterocycles. The number of fused-ring (bicyclic) bond motifs is 3. The maximum absolute atomic E-state index is 2.52. The summed E-state index contributed by atoms with van der Waals surface area (Å²) in [6, 6.07) is 81.4. The predicted molar refractivity (Wildman–Crippen MR) is 219 cm³/mol. The minimum atomic E-state index is -1.81. The van der Waals surface area contributed by atoms with Crippen LogP contribution in [0.5, 0.6) is 0 Å². The molecule has 0 bridgehead atoms. The lowest BCUT2D eigenvalue weighted by molar-refractivity contribution is 1.25. The van der Waals surface area contributed by atoms with E-state index >= 15 is 0 Å². The third-order valence-electron chi connectivity index (χ3n) is 9.70. The smallest absolute Gasteiger partial charge is 0.0356 e. The van der Waals surface area contributed by atoms with Crippen LogP contribution in [0.3, 0.4) is 0 Å². The van der Waals surface area contributed by atoms with Crippen LogP contribution in [-0.2, 0) is 0 Å². The number of rotatable bonds is 8. The number of hydrogen-bond acceptors (Lipinski definition) is 1. The van der Waals surface area contributed by atoms with Gasteiger partial charge in [0.15, 0.2) is 0 Å². The molecule has 0 atom stereocenters. The quantitative estimate of drug-likeness (QED) is 0.147. The zero-order valence-corrected chi connectivity index (χ0v) is 30.5. The van der Waals surface area contributed by atoms with Crippen molar-refractivity contribution in [3.63, 3.8) is 0 Å².